The van der Waals surface area contributed by atoms with Crippen molar-refractivity contribution in [2.24, 2.45) is 0 Å². The first-order valence-electron chi connectivity index (χ1n) is 3.46. The van der Waals surface area contributed by atoms with Crippen LogP contribution in [0.1, 0.15) is 5.56 Å². The molecule has 0 unspecified atom stereocenters. The van der Waals surface area contributed by atoms with Crippen molar-refractivity contribution in [3.8, 4) is 6.19 Å². The van der Waals surface area contributed by atoms with Crippen LogP contribution in [0.2, 0.25) is 0 Å². The third-order valence-electron chi connectivity index (χ3n) is 1.41. The lowest BCUT2D eigenvalue weighted by Crippen LogP contribution is -2.13. The predicted molar refractivity (Wildman–Crippen MR) is 43.3 cm³/mol. The molecule has 3 nitrogen and oxygen atoms in total. The van der Waals surface area contributed by atoms with Crippen LogP contribution in [0.25, 0.3) is 0 Å². The zero-order chi connectivity index (χ0) is 8.81. The van der Waals surface area contributed by atoms with Crippen LogP contribution in [-0.4, -0.2) is 11.3 Å². The Kier molecular flexibility index (Phi) is 2.86. The zero-order valence-electron chi connectivity index (χ0n) is 6.40. The summed E-state index contributed by atoms with van der Waals surface area (Å²) in [7, 11) is 0. The van der Waals surface area contributed by atoms with Gasteiger partial charge in [-0.05, 0) is 5.56 Å². The van der Waals surface area contributed by atoms with Gasteiger partial charge in [-0.2, -0.15) is 5.26 Å². The van der Waals surface area contributed by atoms with Crippen LogP contribution in [0.15, 0.2) is 30.3 Å². The Morgan fingerprint density at radius 3 is 2.50 bits per heavy atom. The molecular weight excluding hydrogens is 152 g/mol. The molecule has 0 aromatic heterocycles. The summed E-state index contributed by atoms with van der Waals surface area (Å²) in [6.45, 7) is 0.292. The summed E-state index contributed by atoms with van der Waals surface area (Å²) in [5.74, 6) is 0. The van der Waals surface area contributed by atoms with E-state index in [4.69, 9.17) is 5.26 Å². The molecule has 1 amide bonds. The van der Waals surface area contributed by atoms with E-state index in [1.165, 1.54) is 6.41 Å². The topological polar surface area (TPSA) is 44.1 Å². The third kappa shape index (κ3) is 2.10. The van der Waals surface area contributed by atoms with E-state index in [1.54, 1.807) is 6.19 Å². The highest BCUT2D eigenvalue weighted by atomic mass is 16.1. The lowest BCUT2D eigenvalue weighted by molar-refractivity contribution is 0.467. The Hall–Kier alpha value is -1.82. The highest BCUT2D eigenvalue weighted by Crippen LogP contribution is 2.00. The van der Waals surface area contributed by atoms with E-state index < -0.39 is 0 Å². The molecule has 0 saturated carbocycles. The van der Waals surface area contributed by atoms with Gasteiger partial charge in [0.2, 0.25) is 0 Å². The van der Waals surface area contributed by atoms with E-state index in [1.807, 2.05) is 30.3 Å². The molecular formula is C9H7N2O. The average Bonchev–Trinajstić information content (AvgIpc) is 2.16. The molecule has 0 aliphatic heterocycles. The fraction of sp³-hybridized carbons (Fsp3) is 0.111. The van der Waals surface area contributed by atoms with Gasteiger partial charge in [-0.25, -0.2) is 4.90 Å². The van der Waals surface area contributed by atoms with Crippen molar-refractivity contribution >= 4 is 6.41 Å². The van der Waals surface area contributed by atoms with Gasteiger partial charge in [0.25, 0.3) is 0 Å². The second kappa shape index (κ2) is 4.14. The maximum Gasteiger partial charge on any atom is 0.326 e. The molecule has 1 aromatic rings. The van der Waals surface area contributed by atoms with Crippen LogP contribution in [-0.2, 0) is 11.3 Å². The van der Waals surface area contributed by atoms with Gasteiger partial charge in [-0.15, -0.1) is 0 Å². The molecule has 0 heterocycles. The fourth-order valence-electron chi connectivity index (χ4n) is 0.854. The minimum absolute atomic E-state index is 0.292. The van der Waals surface area contributed by atoms with Crippen LogP contribution in [0.5, 0.6) is 0 Å². The smallest absolute Gasteiger partial charge is 0.262 e. The van der Waals surface area contributed by atoms with Crippen molar-refractivity contribution in [1.29, 1.82) is 5.26 Å². The van der Waals surface area contributed by atoms with Gasteiger partial charge in [-0.1, -0.05) is 30.3 Å². The van der Waals surface area contributed by atoms with E-state index in [0.29, 0.717) is 6.54 Å². The Balaban J connectivity index is 2.64. The molecule has 1 rings (SSSR count). The standard InChI is InChI=1S/C9H7N2O/c10-7-11(8-12)6-9-4-2-1-3-5-9/h1-5H,6H2. The number of nitriles is 1. The molecule has 0 aliphatic rings. The van der Waals surface area contributed by atoms with Crippen molar-refractivity contribution in [3.05, 3.63) is 35.9 Å². The lowest BCUT2D eigenvalue weighted by Gasteiger charge is -2.04. The van der Waals surface area contributed by atoms with E-state index in [2.05, 4.69) is 0 Å². The van der Waals surface area contributed by atoms with E-state index in [-0.39, 0.29) is 0 Å². The van der Waals surface area contributed by atoms with Gasteiger partial charge in [0.05, 0.1) is 6.54 Å². The lowest BCUT2D eigenvalue weighted by atomic mass is 10.2. The van der Waals surface area contributed by atoms with Gasteiger partial charge in [0, 0.05) is 0 Å². The van der Waals surface area contributed by atoms with E-state index in [0.717, 1.165) is 10.5 Å². The van der Waals surface area contributed by atoms with E-state index >= 15 is 0 Å². The van der Waals surface area contributed by atoms with Crippen molar-refractivity contribution in [2.75, 3.05) is 0 Å². The minimum Gasteiger partial charge on any atom is -0.262 e. The number of hydrogen-bond donors (Lipinski definition) is 0. The summed E-state index contributed by atoms with van der Waals surface area (Å²) in [5, 5.41) is 8.40. The summed E-state index contributed by atoms with van der Waals surface area (Å²) in [4.78, 5) is 11.0. The van der Waals surface area contributed by atoms with E-state index in [9.17, 15) is 4.79 Å². The SMILES string of the molecule is N#CN([C]=O)Cc1ccccc1. The summed E-state index contributed by atoms with van der Waals surface area (Å²) >= 11 is 0. The molecule has 59 valence electrons. The number of amides is 1. The number of benzene rings is 1. The molecule has 0 N–H and O–H groups in total. The molecule has 0 spiro atoms. The van der Waals surface area contributed by atoms with Crippen molar-refractivity contribution in [2.45, 2.75) is 6.54 Å². The second-order valence-corrected chi connectivity index (χ2v) is 2.26. The predicted octanol–water partition coefficient (Wildman–Crippen LogP) is 1.04. The number of carbonyl (C=O) groups excluding carboxylic acids is 1. The van der Waals surface area contributed by atoms with Crippen molar-refractivity contribution < 1.29 is 4.79 Å². The first kappa shape index (κ1) is 8.28. The molecule has 0 atom stereocenters. The highest BCUT2D eigenvalue weighted by Gasteiger charge is 2.00. The average molecular weight is 159 g/mol. The molecule has 3 heteroatoms. The van der Waals surface area contributed by atoms with Crippen LogP contribution < -0.4 is 0 Å². The normalized spacial score (nSPS) is 8.58. The molecule has 0 aliphatic carbocycles. The largest absolute Gasteiger partial charge is 0.326 e. The molecule has 1 aromatic carbocycles. The highest BCUT2D eigenvalue weighted by molar-refractivity contribution is 5.50. The third-order valence-corrected chi connectivity index (χ3v) is 1.41. The Morgan fingerprint density at radius 1 is 1.33 bits per heavy atom. The van der Waals surface area contributed by atoms with Crippen LogP contribution in [0, 0.1) is 11.5 Å². The van der Waals surface area contributed by atoms with Gasteiger partial charge < -0.3 is 0 Å². The van der Waals surface area contributed by atoms with Crippen LogP contribution >= 0.6 is 0 Å². The Labute approximate surface area is 70.8 Å². The fourth-order valence-corrected chi connectivity index (χ4v) is 0.854. The first-order valence-corrected chi connectivity index (χ1v) is 3.46. The Bertz CT molecular complexity index is 289. The van der Waals surface area contributed by atoms with Crippen molar-refractivity contribution in [1.82, 2.24) is 4.90 Å². The second-order valence-electron chi connectivity index (χ2n) is 2.26. The summed E-state index contributed by atoms with van der Waals surface area (Å²) in [5.41, 5.74) is 0.919. The summed E-state index contributed by atoms with van der Waals surface area (Å²) in [6.07, 6.45) is 3.23. The molecule has 0 bridgehead atoms. The van der Waals surface area contributed by atoms with Gasteiger partial charge in [0.15, 0.2) is 6.19 Å². The maximum absolute atomic E-state index is 10.1. The molecule has 12 heavy (non-hydrogen) atoms. The Morgan fingerprint density at radius 2 is 2.00 bits per heavy atom. The maximum atomic E-state index is 10.1. The van der Waals surface area contributed by atoms with Gasteiger partial charge in [0.1, 0.15) is 0 Å². The first-order chi connectivity index (χ1) is 5.86. The number of nitrogens with zero attached hydrogens (tertiary/aromatic N) is 2. The van der Waals surface area contributed by atoms with Crippen LogP contribution in [0.4, 0.5) is 0 Å². The number of rotatable bonds is 3. The summed E-state index contributed by atoms with van der Waals surface area (Å²) < 4.78 is 0. The quantitative estimate of drug-likeness (QED) is 0.488. The minimum atomic E-state index is 0.292. The summed E-state index contributed by atoms with van der Waals surface area (Å²) in [6, 6.07) is 9.29. The van der Waals surface area contributed by atoms with Crippen LogP contribution in [0.3, 0.4) is 0 Å². The monoisotopic (exact) mass is 159 g/mol. The molecule has 0 fully saturated rings. The van der Waals surface area contributed by atoms with Crippen molar-refractivity contribution in [3.63, 3.8) is 0 Å². The van der Waals surface area contributed by atoms with Gasteiger partial charge in [-0.3, -0.25) is 4.79 Å². The van der Waals surface area contributed by atoms with Gasteiger partial charge >= 0.3 is 6.41 Å². The zero-order valence-corrected chi connectivity index (χ0v) is 6.40. The number of hydrogen-bond acceptors (Lipinski definition) is 2. The molecule has 0 saturated heterocycles. The molecule has 1 radical (unpaired) electrons.